The maximum atomic E-state index is 12.5. The number of carbonyl (C=O) groups is 4. The van der Waals surface area contributed by atoms with Crippen LogP contribution in [-0.2, 0) is 28.8 Å². The maximum absolute atomic E-state index is 12.5. The fraction of sp³-hybridized carbons (Fsp3) is 0.438. The first-order valence-corrected chi connectivity index (χ1v) is 10.6. The molecule has 3 heterocycles. The number of nitrogens with zero attached hydrogens (tertiary/aromatic N) is 4. The number of esters is 1. The number of β-lactam (4-membered cyclic amide) rings is 1. The van der Waals surface area contributed by atoms with E-state index in [0.29, 0.717) is 11.4 Å². The minimum Gasteiger partial charge on any atom is -0.477 e. The third-order valence-electron chi connectivity index (χ3n) is 4.21. The second-order valence-electron chi connectivity index (χ2n) is 6.41. The van der Waals surface area contributed by atoms with Gasteiger partial charge in [-0.2, -0.15) is 9.36 Å². The Labute approximate surface area is 183 Å². The molecular weight excluding hydrogens is 452 g/mol. The van der Waals surface area contributed by atoms with Crippen molar-refractivity contribution in [1.82, 2.24) is 19.6 Å². The first kappa shape index (κ1) is 22.5. The molecule has 166 valence electrons. The molecular formula is C16H18N6O7S2. The Morgan fingerprint density at radius 3 is 2.84 bits per heavy atom. The van der Waals surface area contributed by atoms with Crippen LogP contribution in [0.3, 0.4) is 0 Å². The minimum absolute atomic E-state index is 0.223. The molecule has 0 aliphatic carbocycles. The molecule has 1 aromatic heterocycles. The Hall–Kier alpha value is -3.20. The Bertz CT molecular complexity index is 977. The molecule has 0 spiro atoms. The third kappa shape index (κ3) is 4.93. The topological polar surface area (TPSA) is 186 Å². The Balaban J connectivity index is 1.58. The van der Waals surface area contributed by atoms with Gasteiger partial charge in [-0.15, -0.1) is 11.8 Å². The van der Waals surface area contributed by atoms with Gasteiger partial charge in [-0.1, -0.05) is 5.16 Å². The molecule has 0 aromatic carbocycles. The van der Waals surface area contributed by atoms with Gasteiger partial charge in [0.25, 0.3) is 11.8 Å². The van der Waals surface area contributed by atoms with Crippen LogP contribution in [0.15, 0.2) is 16.4 Å². The van der Waals surface area contributed by atoms with Gasteiger partial charge in [0.15, 0.2) is 17.1 Å². The molecule has 3 rings (SSSR count). The molecule has 0 saturated carbocycles. The van der Waals surface area contributed by atoms with Gasteiger partial charge < -0.3 is 25.7 Å². The van der Waals surface area contributed by atoms with E-state index >= 15 is 0 Å². The zero-order chi connectivity index (χ0) is 22.7. The number of anilines is 1. The van der Waals surface area contributed by atoms with E-state index in [-0.39, 0.29) is 23.2 Å². The van der Waals surface area contributed by atoms with Gasteiger partial charge in [0, 0.05) is 29.8 Å². The van der Waals surface area contributed by atoms with E-state index in [1.807, 2.05) is 0 Å². The molecule has 1 fully saturated rings. The van der Waals surface area contributed by atoms with Crippen LogP contribution in [0.2, 0.25) is 0 Å². The summed E-state index contributed by atoms with van der Waals surface area (Å²) in [6.07, 6.45) is 0.224. The smallest absolute Gasteiger partial charge is 0.352 e. The fourth-order valence-electron chi connectivity index (χ4n) is 2.80. The Morgan fingerprint density at radius 2 is 2.23 bits per heavy atom. The van der Waals surface area contributed by atoms with Crippen LogP contribution in [0.5, 0.6) is 0 Å². The van der Waals surface area contributed by atoms with Gasteiger partial charge in [0.05, 0.1) is 0 Å². The first-order valence-electron chi connectivity index (χ1n) is 8.81. The number of carbonyl (C=O) groups excluding carboxylic acids is 3. The van der Waals surface area contributed by atoms with Crippen molar-refractivity contribution in [1.29, 1.82) is 0 Å². The number of hydrogen-bond donors (Lipinski definition) is 3. The van der Waals surface area contributed by atoms with Crippen LogP contribution >= 0.6 is 23.3 Å². The molecule has 2 amide bonds. The summed E-state index contributed by atoms with van der Waals surface area (Å²) in [5.74, 6) is -2.61. The zero-order valence-electron chi connectivity index (χ0n) is 16.3. The quantitative estimate of drug-likeness (QED) is 0.192. The Morgan fingerprint density at radius 1 is 1.48 bits per heavy atom. The van der Waals surface area contributed by atoms with E-state index in [1.54, 1.807) is 6.92 Å². The van der Waals surface area contributed by atoms with E-state index in [0.717, 1.165) is 22.6 Å². The van der Waals surface area contributed by atoms with Crippen LogP contribution in [0, 0.1) is 0 Å². The number of nitrogens with one attached hydrogen (secondary N) is 1. The zero-order valence-corrected chi connectivity index (χ0v) is 17.9. The highest BCUT2D eigenvalue weighted by Gasteiger charge is 2.54. The molecule has 0 bridgehead atoms. The largest absolute Gasteiger partial charge is 0.477 e. The molecule has 1 aromatic rings. The van der Waals surface area contributed by atoms with Crippen LogP contribution in [0.1, 0.15) is 25.8 Å². The predicted molar refractivity (Wildman–Crippen MR) is 109 cm³/mol. The lowest BCUT2D eigenvalue weighted by Crippen LogP contribution is -2.70. The number of carboxylic acids is 1. The van der Waals surface area contributed by atoms with Crippen molar-refractivity contribution in [2.75, 3.05) is 18.1 Å². The highest BCUT2D eigenvalue weighted by molar-refractivity contribution is 8.00. The summed E-state index contributed by atoms with van der Waals surface area (Å²) >= 11 is 2.25. The van der Waals surface area contributed by atoms with Crippen molar-refractivity contribution in [3.05, 3.63) is 17.1 Å². The molecule has 3 unspecified atom stereocenters. The van der Waals surface area contributed by atoms with Gasteiger partial charge >= 0.3 is 11.9 Å². The summed E-state index contributed by atoms with van der Waals surface area (Å²) < 4.78 is 8.83. The number of nitrogens with two attached hydrogens (primary N) is 1. The number of aliphatic carboxylic acids is 1. The van der Waals surface area contributed by atoms with Crippen LogP contribution in [0.25, 0.3) is 0 Å². The van der Waals surface area contributed by atoms with Crippen LogP contribution in [0.4, 0.5) is 5.13 Å². The molecule has 1 saturated heterocycles. The van der Waals surface area contributed by atoms with E-state index in [1.165, 1.54) is 18.7 Å². The highest BCUT2D eigenvalue weighted by atomic mass is 32.2. The predicted octanol–water partition coefficient (Wildman–Crippen LogP) is -0.515. The van der Waals surface area contributed by atoms with Gasteiger partial charge in [-0.05, 0) is 6.92 Å². The van der Waals surface area contributed by atoms with Gasteiger partial charge in [0.2, 0.25) is 0 Å². The van der Waals surface area contributed by atoms with Crippen molar-refractivity contribution in [2.24, 2.45) is 5.16 Å². The molecule has 4 N–H and O–H groups in total. The summed E-state index contributed by atoms with van der Waals surface area (Å²) in [6, 6.07) is -0.925. The normalized spacial score (nSPS) is 21.4. The van der Waals surface area contributed by atoms with Crippen molar-refractivity contribution in [2.45, 2.75) is 31.4 Å². The van der Waals surface area contributed by atoms with Gasteiger partial charge in [-0.3, -0.25) is 19.3 Å². The molecule has 31 heavy (non-hydrogen) atoms. The lowest BCUT2D eigenvalue weighted by Gasteiger charge is -2.49. The number of thioether (sulfide) groups is 1. The van der Waals surface area contributed by atoms with Crippen molar-refractivity contribution in [3.8, 4) is 0 Å². The number of aromatic nitrogens is 2. The fourth-order valence-corrected chi connectivity index (χ4v) is 4.64. The standard InChI is InChI=1S/C16H18N6O7S2/c1-6(12-20-16(17)31-21-12)29-18-3-9(24)19-10-13(25)22-11(15(26)27)8(4-28-7(2)23)5-30-14(10)22/h3,6,10,14H,4-5H2,1-2H3,(H,19,24)(H,26,27)(H2,17,20,21)/b18-3-. The summed E-state index contributed by atoms with van der Waals surface area (Å²) in [4.78, 5) is 57.4. The third-order valence-corrected chi connectivity index (χ3v) is 6.10. The maximum Gasteiger partial charge on any atom is 0.352 e. The molecule has 3 atom stereocenters. The monoisotopic (exact) mass is 470 g/mol. The molecule has 2 aliphatic rings. The Kier molecular flexibility index (Phi) is 6.74. The molecule has 13 nitrogen and oxygen atoms in total. The number of amides is 2. The second kappa shape index (κ2) is 9.30. The summed E-state index contributed by atoms with van der Waals surface area (Å²) in [5, 5.41) is 15.2. The van der Waals surface area contributed by atoms with Crippen molar-refractivity contribution < 1.29 is 33.9 Å². The number of oxime groups is 1. The van der Waals surface area contributed by atoms with E-state index in [9.17, 15) is 24.3 Å². The van der Waals surface area contributed by atoms with Crippen LogP contribution < -0.4 is 11.1 Å². The van der Waals surface area contributed by atoms with Crippen LogP contribution in [-0.4, -0.2) is 73.1 Å². The SMILES string of the molecule is CC(=O)OCC1=C(C(=O)O)N2C(=O)C(NC(=O)/C=N\OC(C)c3nsc(N)n3)C2SC1. The molecule has 0 radical (unpaired) electrons. The molecule has 15 heteroatoms. The van der Waals surface area contributed by atoms with E-state index in [4.69, 9.17) is 15.3 Å². The lowest BCUT2D eigenvalue weighted by molar-refractivity contribution is -0.150. The average Bonchev–Trinajstić information content (AvgIpc) is 3.15. The molecule has 2 aliphatic heterocycles. The van der Waals surface area contributed by atoms with Gasteiger partial charge in [-0.25, -0.2) is 4.79 Å². The number of nitrogen functional groups attached to an aromatic ring is 1. The van der Waals surface area contributed by atoms with E-state index < -0.39 is 41.3 Å². The lowest BCUT2D eigenvalue weighted by atomic mass is 10.0. The summed E-state index contributed by atoms with van der Waals surface area (Å²) in [5.41, 5.74) is 5.56. The number of hydrogen-bond acceptors (Lipinski definition) is 12. The second-order valence-corrected chi connectivity index (χ2v) is 8.30. The van der Waals surface area contributed by atoms with E-state index in [2.05, 4.69) is 19.8 Å². The average molecular weight is 470 g/mol. The van der Waals surface area contributed by atoms with Crippen molar-refractivity contribution >= 4 is 58.4 Å². The van der Waals surface area contributed by atoms with Crippen molar-refractivity contribution in [3.63, 3.8) is 0 Å². The minimum atomic E-state index is -1.31. The summed E-state index contributed by atoms with van der Waals surface area (Å²) in [7, 11) is 0. The number of ether oxygens (including phenoxy) is 1. The number of rotatable bonds is 8. The summed E-state index contributed by atoms with van der Waals surface area (Å²) in [6.45, 7) is 2.60. The number of carboxylic acid groups (broad SMARTS) is 1. The highest BCUT2D eigenvalue weighted by Crippen LogP contribution is 2.40. The first-order chi connectivity index (χ1) is 14.7. The van der Waals surface area contributed by atoms with Gasteiger partial charge in [0.1, 0.15) is 29.9 Å². The number of fused-ring (bicyclic) bond motifs is 1.